The fourth-order valence-corrected chi connectivity index (χ4v) is 5.48. The third kappa shape index (κ3) is 4.53. The number of aromatic amines is 1. The Labute approximate surface area is 216 Å². The number of aryl methyl sites for hydroxylation is 3. The van der Waals surface area contributed by atoms with Gasteiger partial charge in [-0.1, -0.05) is 49.7 Å². The molecule has 0 amide bonds. The molecule has 37 heavy (non-hydrogen) atoms. The molecule has 1 atom stereocenters. The van der Waals surface area contributed by atoms with Gasteiger partial charge in [-0.15, -0.1) is 10.2 Å². The Morgan fingerprint density at radius 3 is 2.57 bits per heavy atom. The van der Waals surface area contributed by atoms with Crippen molar-refractivity contribution in [2.24, 2.45) is 0 Å². The van der Waals surface area contributed by atoms with Gasteiger partial charge in [0.05, 0.1) is 6.54 Å². The van der Waals surface area contributed by atoms with Crippen LogP contribution in [0.15, 0.2) is 48.5 Å². The maximum absolute atomic E-state index is 4.90. The lowest BCUT2D eigenvalue weighted by Gasteiger charge is -2.24. The fourth-order valence-electron chi connectivity index (χ4n) is 5.48. The number of pyridine rings is 1. The molecule has 1 aliphatic heterocycles. The quantitative estimate of drug-likeness (QED) is 0.333. The van der Waals surface area contributed by atoms with Gasteiger partial charge in [-0.25, -0.2) is 9.97 Å². The maximum atomic E-state index is 4.90. The summed E-state index contributed by atoms with van der Waals surface area (Å²) in [6.07, 6.45) is 4.52. The minimum Gasteiger partial charge on any atom is -0.310 e. The van der Waals surface area contributed by atoms with Crippen LogP contribution in [0.1, 0.15) is 60.4 Å². The standard InChI is InChI=1S/C29H32N8/c1-4-26-32-27-18(2)15-19(3)31-29(27)37(26)17-20-8-10-21(11-9-20)24-16-22(25-7-5-6-14-30-25)12-13-23(24)28-33-35-36-34-28/h8-13,15-16,25,30H,4-7,14,17H2,1-3H3,(H,33,34,35,36). The lowest BCUT2D eigenvalue weighted by atomic mass is 9.91. The predicted molar refractivity (Wildman–Crippen MR) is 145 cm³/mol. The lowest BCUT2D eigenvalue weighted by molar-refractivity contribution is 0.412. The number of fused-ring (bicyclic) bond motifs is 1. The fraction of sp³-hybridized carbons (Fsp3) is 0.345. The van der Waals surface area contributed by atoms with Crippen molar-refractivity contribution in [2.45, 2.75) is 59.0 Å². The molecule has 8 heteroatoms. The zero-order chi connectivity index (χ0) is 25.4. The predicted octanol–water partition coefficient (Wildman–Crippen LogP) is 5.32. The second kappa shape index (κ2) is 9.86. The molecule has 1 saturated heterocycles. The van der Waals surface area contributed by atoms with E-state index in [9.17, 15) is 0 Å². The zero-order valence-corrected chi connectivity index (χ0v) is 21.6. The third-order valence-electron chi connectivity index (χ3n) is 7.37. The van der Waals surface area contributed by atoms with Crippen LogP contribution in [0.4, 0.5) is 0 Å². The molecule has 0 aliphatic carbocycles. The third-order valence-corrected chi connectivity index (χ3v) is 7.37. The van der Waals surface area contributed by atoms with Crippen LogP contribution >= 0.6 is 0 Å². The normalized spacial score (nSPS) is 15.9. The minimum absolute atomic E-state index is 0.382. The number of nitrogens with zero attached hydrogens (tertiary/aromatic N) is 6. The molecular formula is C29H32N8. The van der Waals surface area contributed by atoms with Crippen molar-refractivity contribution in [3.63, 3.8) is 0 Å². The highest BCUT2D eigenvalue weighted by atomic mass is 15.5. The second-order valence-corrected chi connectivity index (χ2v) is 9.96. The summed E-state index contributed by atoms with van der Waals surface area (Å²) in [5.41, 5.74) is 9.90. The number of hydrogen-bond acceptors (Lipinski definition) is 6. The molecular weight excluding hydrogens is 460 g/mol. The summed E-state index contributed by atoms with van der Waals surface area (Å²) in [6.45, 7) is 8.11. The summed E-state index contributed by atoms with van der Waals surface area (Å²) >= 11 is 0. The van der Waals surface area contributed by atoms with Gasteiger partial charge in [0, 0.05) is 23.7 Å². The van der Waals surface area contributed by atoms with Gasteiger partial charge >= 0.3 is 0 Å². The number of H-pyrrole nitrogens is 1. The molecule has 4 heterocycles. The van der Waals surface area contributed by atoms with Crippen LogP contribution in [0.5, 0.6) is 0 Å². The van der Waals surface area contributed by atoms with E-state index in [4.69, 9.17) is 9.97 Å². The van der Waals surface area contributed by atoms with Crippen molar-refractivity contribution in [1.29, 1.82) is 0 Å². The van der Waals surface area contributed by atoms with Gasteiger partial charge in [0.1, 0.15) is 11.3 Å². The van der Waals surface area contributed by atoms with E-state index in [0.717, 1.165) is 65.3 Å². The number of aromatic nitrogens is 7. The van der Waals surface area contributed by atoms with E-state index >= 15 is 0 Å². The molecule has 0 spiro atoms. The van der Waals surface area contributed by atoms with E-state index < -0.39 is 0 Å². The van der Waals surface area contributed by atoms with E-state index in [1.807, 2.05) is 6.92 Å². The van der Waals surface area contributed by atoms with Gasteiger partial charge in [-0.3, -0.25) is 0 Å². The van der Waals surface area contributed by atoms with Crippen molar-refractivity contribution in [2.75, 3.05) is 6.54 Å². The van der Waals surface area contributed by atoms with Gasteiger partial charge in [-0.2, -0.15) is 5.21 Å². The summed E-state index contributed by atoms with van der Waals surface area (Å²) in [5.74, 6) is 1.67. The summed E-state index contributed by atoms with van der Waals surface area (Å²) in [5, 5.41) is 18.6. The molecule has 0 bridgehead atoms. The average molecular weight is 493 g/mol. The average Bonchev–Trinajstić information content (AvgIpc) is 3.58. The van der Waals surface area contributed by atoms with E-state index in [-0.39, 0.29) is 0 Å². The Hall–Kier alpha value is -3.91. The van der Waals surface area contributed by atoms with Crippen LogP contribution in [-0.2, 0) is 13.0 Å². The molecule has 5 aromatic rings. The van der Waals surface area contributed by atoms with Gasteiger partial charge < -0.3 is 9.88 Å². The minimum atomic E-state index is 0.382. The van der Waals surface area contributed by atoms with Gasteiger partial charge in [-0.05, 0) is 78.4 Å². The zero-order valence-electron chi connectivity index (χ0n) is 21.6. The number of tetrazole rings is 1. The van der Waals surface area contributed by atoms with E-state index in [0.29, 0.717) is 11.9 Å². The Morgan fingerprint density at radius 2 is 1.84 bits per heavy atom. The number of benzene rings is 2. The molecule has 0 saturated carbocycles. The number of imidazole rings is 1. The highest BCUT2D eigenvalue weighted by molar-refractivity contribution is 5.81. The smallest absolute Gasteiger partial charge is 0.205 e. The largest absolute Gasteiger partial charge is 0.310 e. The van der Waals surface area contributed by atoms with Crippen molar-refractivity contribution >= 4 is 11.2 Å². The maximum Gasteiger partial charge on any atom is 0.205 e. The summed E-state index contributed by atoms with van der Waals surface area (Å²) in [4.78, 5) is 9.73. The number of rotatable bonds is 6. The second-order valence-electron chi connectivity index (χ2n) is 9.96. The molecule has 8 nitrogen and oxygen atoms in total. The Morgan fingerprint density at radius 1 is 0.973 bits per heavy atom. The first kappa shape index (κ1) is 23.5. The first-order valence-corrected chi connectivity index (χ1v) is 13.1. The lowest BCUT2D eigenvalue weighted by Crippen LogP contribution is -2.26. The van der Waals surface area contributed by atoms with Crippen molar-refractivity contribution in [1.82, 2.24) is 40.5 Å². The monoisotopic (exact) mass is 492 g/mol. The SMILES string of the molecule is CCc1nc2c(C)cc(C)nc2n1Cc1ccc(-c2cc(C3CCCCN3)ccc2-c2nn[nH]n2)cc1. The van der Waals surface area contributed by atoms with E-state index in [1.54, 1.807) is 0 Å². The van der Waals surface area contributed by atoms with Crippen LogP contribution in [0.3, 0.4) is 0 Å². The van der Waals surface area contributed by atoms with Crippen molar-refractivity contribution in [3.8, 4) is 22.5 Å². The molecule has 3 aromatic heterocycles. The molecule has 1 unspecified atom stereocenters. The first-order chi connectivity index (χ1) is 18.1. The van der Waals surface area contributed by atoms with Crippen molar-refractivity contribution in [3.05, 3.63) is 76.7 Å². The summed E-state index contributed by atoms with van der Waals surface area (Å²) in [6, 6.07) is 17.9. The van der Waals surface area contributed by atoms with Gasteiger partial charge in [0.15, 0.2) is 5.65 Å². The molecule has 2 N–H and O–H groups in total. The number of nitrogens with one attached hydrogen (secondary N) is 2. The van der Waals surface area contributed by atoms with Crippen molar-refractivity contribution < 1.29 is 0 Å². The highest BCUT2D eigenvalue weighted by Gasteiger charge is 2.19. The summed E-state index contributed by atoms with van der Waals surface area (Å²) < 4.78 is 2.25. The number of piperidine rings is 1. The molecule has 1 fully saturated rings. The Balaban J connectivity index is 1.36. The molecule has 2 aromatic carbocycles. The Bertz CT molecular complexity index is 1530. The van der Waals surface area contributed by atoms with E-state index in [1.165, 1.54) is 29.5 Å². The molecule has 6 rings (SSSR count). The molecule has 0 radical (unpaired) electrons. The van der Waals surface area contributed by atoms with Crippen LogP contribution in [0.25, 0.3) is 33.7 Å². The Kier molecular flexibility index (Phi) is 6.26. The molecule has 1 aliphatic rings. The van der Waals surface area contributed by atoms with Crippen LogP contribution in [-0.4, -0.2) is 41.7 Å². The van der Waals surface area contributed by atoms with Gasteiger partial charge in [0.25, 0.3) is 0 Å². The summed E-state index contributed by atoms with van der Waals surface area (Å²) in [7, 11) is 0. The first-order valence-electron chi connectivity index (χ1n) is 13.1. The number of hydrogen-bond donors (Lipinski definition) is 2. The van der Waals surface area contributed by atoms with E-state index in [2.05, 4.69) is 92.9 Å². The van der Waals surface area contributed by atoms with Crippen LogP contribution < -0.4 is 5.32 Å². The van der Waals surface area contributed by atoms with Crippen LogP contribution in [0, 0.1) is 13.8 Å². The van der Waals surface area contributed by atoms with Gasteiger partial charge in [0.2, 0.25) is 5.82 Å². The molecule has 188 valence electrons. The highest BCUT2D eigenvalue weighted by Crippen LogP contribution is 2.34. The van der Waals surface area contributed by atoms with Crippen LogP contribution in [0.2, 0.25) is 0 Å². The topological polar surface area (TPSA) is 97.2 Å².